The molecule has 2 rings (SSSR count). The van der Waals surface area contributed by atoms with E-state index in [1.165, 1.54) is 6.07 Å². The molecule has 2 aromatic heterocycles. The Labute approximate surface area is 98.9 Å². The van der Waals surface area contributed by atoms with Gasteiger partial charge in [-0.3, -0.25) is 4.79 Å². The zero-order valence-electron chi connectivity index (χ0n) is 9.86. The van der Waals surface area contributed by atoms with Crippen molar-refractivity contribution < 1.29 is 4.42 Å². The monoisotopic (exact) mass is 233 g/mol. The third kappa shape index (κ3) is 3.04. The van der Waals surface area contributed by atoms with Crippen LogP contribution >= 0.6 is 0 Å². The summed E-state index contributed by atoms with van der Waals surface area (Å²) in [7, 11) is 0. The molecule has 0 aliphatic heterocycles. The molecule has 2 N–H and O–H groups in total. The van der Waals surface area contributed by atoms with Crippen LogP contribution in [0.5, 0.6) is 0 Å². The Kier molecular flexibility index (Phi) is 3.39. The van der Waals surface area contributed by atoms with Gasteiger partial charge < -0.3 is 14.7 Å². The summed E-state index contributed by atoms with van der Waals surface area (Å²) in [5.41, 5.74) is 0.529. The second-order valence-corrected chi connectivity index (χ2v) is 4.10. The van der Waals surface area contributed by atoms with Gasteiger partial charge in [-0.15, -0.1) is 0 Å². The molecule has 5 nitrogen and oxygen atoms in total. The molecule has 90 valence electrons. The molecule has 0 fully saturated rings. The van der Waals surface area contributed by atoms with Crippen LogP contribution in [0.2, 0.25) is 0 Å². The van der Waals surface area contributed by atoms with E-state index in [0.717, 1.165) is 0 Å². The molecular formula is C12H15N3O2. The van der Waals surface area contributed by atoms with E-state index in [-0.39, 0.29) is 5.56 Å². The molecule has 0 radical (unpaired) electrons. The number of nitrogens with one attached hydrogen (secondary N) is 2. The first-order chi connectivity index (χ1) is 8.15. The summed E-state index contributed by atoms with van der Waals surface area (Å²) in [6, 6.07) is 5.36. The standard InChI is InChI=1S/C12H15N3O2/c1-8(2)13-7-9-6-11(16)15-12(14-9)10-4-3-5-17-10/h3-6,8,13H,7H2,1-2H3,(H,14,15,16). The fourth-order valence-electron chi connectivity index (χ4n) is 1.44. The quantitative estimate of drug-likeness (QED) is 0.840. The summed E-state index contributed by atoms with van der Waals surface area (Å²) in [4.78, 5) is 18.5. The van der Waals surface area contributed by atoms with Gasteiger partial charge in [-0.2, -0.15) is 0 Å². The molecule has 2 heterocycles. The fraction of sp³-hybridized carbons (Fsp3) is 0.333. The van der Waals surface area contributed by atoms with E-state index in [0.29, 0.717) is 29.9 Å². The fourth-order valence-corrected chi connectivity index (χ4v) is 1.44. The highest BCUT2D eigenvalue weighted by atomic mass is 16.3. The molecule has 2 aromatic rings. The van der Waals surface area contributed by atoms with Gasteiger partial charge in [0.15, 0.2) is 11.6 Å². The van der Waals surface area contributed by atoms with Crippen LogP contribution in [0, 0.1) is 0 Å². The minimum atomic E-state index is -0.174. The highest BCUT2D eigenvalue weighted by molar-refractivity contribution is 5.45. The Morgan fingerprint density at radius 1 is 1.53 bits per heavy atom. The van der Waals surface area contributed by atoms with E-state index < -0.39 is 0 Å². The number of H-pyrrole nitrogens is 1. The molecule has 5 heteroatoms. The van der Waals surface area contributed by atoms with Crippen LogP contribution in [0.4, 0.5) is 0 Å². The van der Waals surface area contributed by atoms with E-state index in [9.17, 15) is 4.79 Å². The molecule has 0 unspecified atom stereocenters. The van der Waals surface area contributed by atoms with Crippen LogP contribution in [-0.2, 0) is 6.54 Å². The Hall–Kier alpha value is -1.88. The van der Waals surface area contributed by atoms with Crippen molar-refractivity contribution in [2.75, 3.05) is 0 Å². The third-order valence-corrected chi connectivity index (χ3v) is 2.24. The summed E-state index contributed by atoms with van der Waals surface area (Å²) in [5.74, 6) is 1.02. The number of aromatic amines is 1. The van der Waals surface area contributed by atoms with Crippen molar-refractivity contribution >= 4 is 0 Å². The Morgan fingerprint density at radius 2 is 2.35 bits per heavy atom. The van der Waals surface area contributed by atoms with Crippen molar-refractivity contribution in [3.8, 4) is 11.6 Å². The summed E-state index contributed by atoms with van der Waals surface area (Å²) < 4.78 is 5.20. The van der Waals surface area contributed by atoms with E-state index in [1.54, 1.807) is 18.4 Å². The highest BCUT2D eigenvalue weighted by Crippen LogP contribution is 2.13. The number of nitrogens with zero attached hydrogens (tertiary/aromatic N) is 1. The average molecular weight is 233 g/mol. The van der Waals surface area contributed by atoms with Gasteiger partial charge in [0.05, 0.1) is 12.0 Å². The zero-order chi connectivity index (χ0) is 12.3. The maximum atomic E-state index is 11.5. The number of hydrogen-bond donors (Lipinski definition) is 2. The van der Waals surface area contributed by atoms with Crippen molar-refractivity contribution in [3.63, 3.8) is 0 Å². The first kappa shape index (κ1) is 11.6. The second kappa shape index (κ2) is 4.97. The van der Waals surface area contributed by atoms with Crippen molar-refractivity contribution in [1.82, 2.24) is 15.3 Å². The van der Waals surface area contributed by atoms with Crippen LogP contribution in [0.25, 0.3) is 11.6 Å². The Bertz CT molecular complexity index is 529. The van der Waals surface area contributed by atoms with Crippen LogP contribution in [0.3, 0.4) is 0 Å². The predicted molar refractivity (Wildman–Crippen MR) is 64.5 cm³/mol. The SMILES string of the molecule is CC(C)NCc1cc(=O)[nH]c(-c2ccco2)n1. The summed E-state index contributed by atoms with van der Waals surface area (Å²) >= 11 is 0. The number of aromatic nitrogens is 2. The minimum Gasteiger partial charge on any atom is -0.461 e. The number of furan rings is 1. The predicted octanol–water partition coefficient (Wildman–Crippen LogP) is 1.53. The van der Waals surface area contributed by atoms with Crippen LogP contribution < -0.4 is 10.9 Å². The van der Waals surface area contributed by atoms with Gasteiger partial charge in [-0.1, -0.05) is 13.8 Å². The lowest BCUT2D eigenvalue weighted by Gasteiger charge is -2.07. The zero-order valence-corrected chi connectivity index (χ0v) is 9.86. The van der Waals surface area contributed by atoms with Crippen molar-refractivity contribution in [1.29, 1.82) is 0 Å². The van der Waals surface area contributed by atoms with Gasteiger partial charge in [-0.25, -0.2) is 4.98 Å². The van der Waals surface area contributed by atoms with Crippen LogP contribution in [0.15, 0.2) is 33.7 Å². The van der Waals surface area contributed by atoms with Gasteiger partial charge in [0.1, 0.15) is 0 Å². The lowest BCUT2D eigenvalue weighted by Crippen LogP contribution is -2.24. The van der Waals surface area contributed by atoms with E-state index in [4.69, 9.17) is 4.42 Å². The van der Waals surface area contributed by atoms with E-state index >= 15 is 0 Å². The molecule has 0 bridgehead atoms. The van der Waals surface area contributed by atoms with Crippen LogP contribution in [-0.4, -0.2) is 16.0 Å². The smallest absolute Gasteiger partial charge is 0.251 e. The van der Waals surface area contributed by atoms with Crippen molar-refractivity contribution in [3.05, 3.63) is 40.5 Å². The normalized spacial score (nSPS) is 11.0. The van der Waals surface area contributed by atoms with Crippen molar-refractivity contribution in [2.45, 2.75) is 26.4 Å². The van der Waals surface area contributed by atoms with E-state index in [2.05, 4.69) is 15.3 Å². The van der Waals surface area contributed by atoms with Gasteiger partial charge in [-0.05, 0) is 12.1 Å². The first-order valence-corrected chi connectivity index (χ1v) is 5.52. The molecule has 0 aliphatic rings. The molecular weight excluding hydrogens is 218 g/mol. The van der Waals surface area contributed by atoms with Gasteiger partial charge in [0.2, 0.25) is 0 Å². The largest absolute Gasteiger partial charge is 0.461 e. The van der Waals surface area contributed by atoms with Crippen molar-refractivity contribution in [2.24, 2.45) is 0 Å². The lowest BCUT2D eigenvalue weighted by molar-refractivity contribution is 0.569. The van der Waals surface area contributed by atoms with Gasteiger partial charge in [0.25, 0.3) is 5.56 Å². The lowest BCUT2D eigenvalue weighted by atomic mass is 10.3. The topological polar surface area (TPSA) is 70.9 Å². The number of rotatable bonds is 4. The maximum Gasteiger partial charge on any atom is 0.251 e. The van der Waals surface area contributed by atoms with Gasteiger partial charge in [0, 0.05) is 18.7 Å². The second-order valence-electron chi connectivity index (χ2n) is 4.10. The molecule has 0 aliphatic carbocycles. The van der Waals surface area contributed by atoms with Gasteiger partial charge >= 0.3 is 0 Å². The molecule has 0 atom stereocenters. The van der Waals surface area contributed by atoms with Crippen LogP contribution in [0.1, 0.15) is 19.5 Å². The average Bonchev–Trinajstić information content (AvgIpc) is 2.79. The highest BCUT2D eigenvalue weighted by Gasteiger charge is 2.06. The summed E-state index contributed by atoms with van der Waals surface area (Å²) in [6.07, 6.45) is 1.55. The summed E-state index contributed by atoms with van der Waals surface area (Å²) in [6.45, 7) is 4.65. The molecule has 17 heavy (non-hydrogen) atoms. The van der Waals surface area contributed by atoms with E-state index in [1.807, 2.05) is 13.8 Å². The third-order valence-electron chi connectivity index (χ3n) is 2.24. The molecule has 0 saturated carbocycles. The number of hydrogen-bond acceptors (Lipinski definition) is 4. The molecule has 0 spiro atoms. The first-order valence-electron chi connectivity index (χ1n) is 5.52. The maximum absolute atomic E-state index is 11.5. The molecule has 0 aromatic carbocycles. The molecule has 0 saturated heterocycles. The summed E-state index contributed by atoms with van der Waals surface area (Å²) in [5, 5.41) is 3.22. The Balaban J connectivity index is 2.27. The minimum absolute atomic E-state index is 0.174. The Morgan fingerprint density at radius 3 is 3.00 bits per heavy atom. The molecule has 0 amide bonds.